The molecule has 1 unspecified atom stereocenters. The Morgan fingerprint density at radius 2 is 1.33 bits per heavy atom. The van der Waals surface area contributed by atoms with Gasteiger partial charge in [-0.3, -0.25) is 0 Å². The highest BCUT2D eigenvalue weighted by Crippen LogP contribution is 2.91. The van der Waals surface area contributed by atoms with E-state index >= 15 is 0 Å². The number of fused-ring (bicyclic) bond motifs is 1. The van der Waals surface area contributed by atoms with Crippen molar-refractivity contribution in [3.05, 3.63) is 0 Å². The summed E-state index contributed by atoms with van der Waals surface area (Å²) in [5, 5.41) is 0. The first kappa shape index (κ1) is 7.84. The average molecular weight is 229 g/mol. The number of rotatable bonds is 0. The summed E-state index contributed by atoms with van der Waals surface area (Å²) in [4.78, 5) is 0. The molecule has 0 amide bonds. The van der Waals surface area contributed by atoms with Gasteiger partial charge in [0.05, 0.1) is 0 Å². The SMILES string of the molecule is CC1(Br)C2(CCCCC2)C12CC2. The summed E-state index contributed by atoms with van der Waals surface area (Å²) in [5.41, 5.74) is 1.53. The van der Waals surface area contributed by atoms with Crippen LogP contribution in [0.25, 0.3) is 0 Å². The van der Waals surface area contributed by atoms with Gasteiger partial charge >= 0.3 is 0 Å². The first-order valence-corrected chi connectivity index (χ1v) is 6.15. The molecule has 3 rings (SSSR count). The lowest BCUT2D eigenvalue weighted by Gasteiger charge is -2.24. The van der Waals surface area contributed by atoms with E-state index in [1.165, 1.54) is 44.9 Å². The molecule has 1 atom stereocenters. The molecule has 0 nitrogen and oxygen atoms in total. The van der Waals surface area contributed by atoms with Gasteiger partial charge in [0.1, 0.15) is 0 Å². The molecule has 12 heavy (non-hydrogen) atoms. The highest BCUT2D eigenvalue weighted by molar-refractivity contribution is 9.10. The maximum absolute atomic E-state index is 3.99. The van der Waals surface area contributed by atoms with Crippen LogP contribution in [0.2, 0.25) is 0 Å². The normalized spacial score (nSPS) is 46.5. The molecule has 0 aromatic rings. The van der Waals surface area contributed by atoms with E-state index in [0.717, 1.165) is 10.8 Å². The fourth-order valence-corrected chi connectivity index (χ4v) is 5.63. The van der Waals surface area contributed by atoms with Crippen LogP contribution in [0.3, 0.4) is 0 Å². The molecule has 0 N–H and O–H groups in total. The number of hydrogen-bond donors (Lipinski definition) is 0. The first-order valence-electron chi connectivity index (χ1n) is 5.35. The summed E-state index contributed by atoms with van der Waals surface area (Å²) < 4.78 is 0.535. The third-order valence-corrected chi connectivity index (χ3v) is 6.63. The highest BCUT2D eigenvalue weighted by Gasteiger charge is 2.87. The standard InChI is InChI=1S/C11H17Br/c1-9(12)10(11(9)7-8-11)5-3-2-4-6-10/h2-8H2,1H3. The van der Waals surface area contributed by atoms with Gasteiger partial charge in [0, 0.05) is 4.32 Å². The van der Waals surface area contributed by atoms with Crippen LogP contribution >= 0.6 is 15.9 Å². The van der Waals surface area contributed by atoms with Crippen LogP contribution in [-0.2, 0) is 0 Å². The molecular weight excluding hydrogens is 212 g/mol. The summed E-state index contributed by atoms with van der Waals surface area (Å²) in [7, 11) is 0. The van der Waals surface area contributed by atoms with Gasteiger partial charge in [0.2, 0.25) is 0 Å². The van der Waals surface area contributed by atoms with Crippen LogP contribution in [0.15, 0.2) is 0 Å². The van der Waals surface area contributed by atoms with Crippen LogP contribution in [0.4, 0.5) is 0 Å². The lowest BCUT2D eigenvalue weighted by Crippen LogP contribution is -2.15. The van der Waals surface area contributed by atoms with Crippen LogP contribution in [0.1, 0.15) is 51.9 Å². The summed E-state index contributed by atoms with van der Waals surface area (Å²) in [5.74, 6) is 0. The Kier molecular flexibility index (Phi) is 1.27. The van der Waals surface area contributed by atoms with Crippen LogP contribution in [0, 0.1) is 10.8 Å². The molecule has 0 radical (unpaired) electrons. The van der Waals surface area contributed by atoms with Gasteiger partial charge < -0.3 is 0 Å². The quantitative estimate of drug-likeness (QED) is 0.553. The van der Waals surface area contributed by atoms with Crippen LogP contribution in [-0.4, -0.2) is 4.32 Å². The van der Waals surface area contributed by atoms with Gasteiger partial charge in [0.15, 0.2) is 0 Å². The van der Waals surface area contributed by atoms with Crippen molar-refractivity contribution in [3.63, 3.8) is 0 Å². The average Bonchev–Trinajstić information content (AvgIpc) is 2.91. The van der Waals surface area contributed by atoms with Crippen molar-refractivity contribution in [2.75, 3.05) is 0 Å². The Morgan fingerprint density at radius 1 is 0.833 bits per heavy atom. The van der Waals surface area contributed by atoms with Crippen molar-refractivity contribution < 1.29 is 0 Å². The van der Waals surface area contributed by atoms with Crippen molar-refractivity contribution in [1.29, 1.82) is 0 Å². The third-order valence-electron chi connectivity index (χ3n) is 5.11. The van der Waals surface area contributed by atoms with Crippen molar-refractivity contribution in [3.8, 4) is 0 Å². The molecule has 3 fully saturated rings. The predicted molar refractivity (Wildman–Crippen MR) is 54.5 cm³/mol. The van der Waals surface area contributed by atoms with Crippen LogP contribution in [0.5, 0.6) is 0 Å². The molecule has 3 saturated carbocycles. The molecule has 0 aromatic carbocycles. The number of halogens is 1. The van der Waals surface area contributed by atoms with E-state index in [2.05, 4.69) is 22.9 Å². The summed E-state index contributed by atoms with van der Waals surface area (Å²) >= 11 is 3.99. The fraction of sp³-hybridized carbons (Fsp3) is 1.00. The van der Waals surface area contributed by atoms with Gasteiger partial charge in [-0.15, -0.1) is 0 Å². The minimum atomic E-state index is 0.535. The van der Waals surface area contributed by atoms with E-state index in [9.17, 15) is 0 Å². The molecular formula is C11H17Br. The molecule has 0 heterocycles. The van der Waals surface area contributed by atoms with Gasteiger partial charge in [-0.2, -0.15) is 0 Å². The van der Waals surface area contributed by atoms with Crippen molar-refractivity contribution in [2.24, 2.45) is 10.8 Å². The summed E-state index contributed by atoms with van der Waals surface area (Å²) in [6.45, 7) is 2.45. The topological polar surface area (TPSA) is 0 Å². The monoisotopic (exact) mass is 228 g/mol. The molecule has 68 valence electrons. The molecule has 0 aromatic heterocycles. The predicted octanol–water partition coefficient (Wildman–Crippen LogP) is 3.88. The summed E-state index contributed by atoms with van der Waals surface area (Å²) in [6, 6.07) is 0. The Balaban J connectivity index is 1.93. The smallest absolute Gasteiger partial charge is 0.0353 e. The van der Waals surface area contributed by atoms with E-state index in [0.29, 0.717) is 4.32 Å². The minimum absolute atomic E-state index is 0.535. The van der Waals surface area contributed by atoms with Crippen molar-refractivity contribution in [1.82, 2.24) is 0 Å². The van der Waals surface area contributed by atoms with E-state index in [4.69, 9.17) is 0 Å². The highest BCUT2D eigenvalue weighted by atomic mass is 79.9. The molecule has 3 aliphatic carbocycles. The van der Waals surface area contributed by atoms with Crippen molar-refractivity contribution in [2.45, 2.75) is 56.2 Å². The lowest BCUT2D eigenvalue weighted by atomic mass is 9.82. The molecule has 3 aliphatic rings. The van der Waals surface area contributed by atoms with Gasteiger partial charge in [-0.1, -0.05) is 35.2 Å². The van der Waals surface area contributed by atoms with Gasteiger partial charge in [-0.05, 0) is 43.4 Å². The Hall–Kier alpha value is 0.480. The second kappa shape index (κ2) is 1.94. The molecule has 1 heteroatoms. The van der Waals surface area contributed by atoms with E-state index in [1.54, 1.807) is 0 Å². The van der Waals surface area contributed by atoms with E-state index < -0.39 is 0 Å². The summed E-state index contributed by atoms with van der Waals surface area (Å²) in [6.07, 6.45) is 10.5. The third kappa shape index (κ3) is 0.575. The van der Waals surface area contributed by atoms with Crippen LogP contribution < -0.4 is 0 Å². The zero-order chi connectivity index (χ0) is 8.45. The first-order chi connectivity index (χ1) is 5.66. The maximum Gasteiger partial charge on any atom is 0.0353 e. The largest absolute Gasteiger partial charge is 0.0844 e. The molecule has 0 aliphatic heterocycles. The van der Waals surface area contributed by atoms with Gasteiger partial charge in [-0.25, -0.2) is 0 Å². The number of alkyl halides is 1. The van der Waals surface area contributed by atoms with Crippen molar-refractivity contribution >= 4 is 15.9 Å². The number of hydrogen-bond acceptors (Lipinski definition) is 0. The zero-order valence-corrected chi connectivity index (χ0v) is 9.41. The second-order valence-corrected chi connectivity index (χ2v) is 6.81. The lowest BCUT2D eigenvalue weighted by molar-refractivity contribution is 0.294. The van der Waals surface area contributed by atoms with E-state index in [1.807, 2.05) is 0 Å². The Labute approximate surface area is 83.2 Å². The molecule has 2 spiro atoms. The van der Waals surface area contributed by atoms with Gasteiger partial charge in [0.25, 0.3) is 0 Å². The maximum atomic E-state index is 3.99. The Morgan fingerprint density at radius 3 is 1.75 bits per heavy atom. The molecule has 0 bridgehead atoms. The Bertz CT molecular complexity index is 213. The minimum Gasteiger partial charge on any atom is -0.0844 e. The fourth-order valence-electron chi connectivity index (χ4n) is 4.18. The van der Waals surface area contributed by atoms with E-state index in [-0.39, 0.29) is 0 Å². The molecule has 0 saturated heterocycles. The zero-order valence-electron chi connectivity index (χ0n) is 7.83. The second-order valence-electron chi connectivity index (χ2n) is 5.23.